The van der Waals surface area contributed by atoms with Crippen LogP contribution in [0.5, 0.6) is 17.2 Å². The number of unbranched alkanes of at least 4 members (excludes halogenated alkanes) is 15. The molecule has 0 fully saturated rings. The molecule has 0 radical (unpaired) electrons. The van der Waals surface area contributed by atoms with Crippen molar-refractivity contribution in [1.29, 1.82) is 0 Å². The Labute approximate surface area is 244 Å². The summed E-state index contributed by atoms with van der Waals surface area (Å²) in [6.45, 7) is 2.29. The molecule has 4 heteroatoms. The Kier molecular flexibility index (Phi) is 17.6. The molecule has 0 unspecified atom stereocenters. The number of ether oxygens (including phenoxy) is 3. The summed E-state index contributed by atoms with van der Waals surface area (Å²) in [4.78, 5) is 13.0. The van der Waals surface area contributed by atoms with Crippen LogP contribution in [0.1, 0.15) is 131 Å². The topological polar surface area (TPSA) is 44.8 Å². The smallest absolute Gasteiger partial charge is 0.193 e. The lowest BCUT2D eigenvalue weighted by atomic mass is 10.0. The highest BCUT2D eigenvalue weighted by Crippen LogP contribution is 2.37. The first kappa shape index (κ1) is 33.5. The second-order valence-electron chi connectivity index (χ2n) is 10.9. The van der Waals surface area contributed by atoms with Crippen molar-refractivity contribution in [2.75, 3.05) is 21.3 Å². The highest BCUT2D eigenvalue weighted by molar-refractivity contribution is 6.11. The van der Waals surface area contributed by atoms with Crippen LogP contribution in [0.25, 0.3) is 6.08 Å². The van der Waals surface area contributed by atoms with Gasteiger partial charge in [-0.05, 0) is 42.2 Å². The third-order valence-corrected chi connectivity index (χ3v) is 7.70. The monoisotopic (exact) mass is 550 g/mol. The van der Waals surface area contributed by atoms with Gasteiger partial charge in [0.1, 0.15) is 11.3 Å². The van der Waals surface area contributed by atoms with Gasteiger partial charge in [0.15, 0.2) is 17.3 Å². The molecule has 0 aliphatic rings. The fraction of sp³-hybridized carbons (Fsp3) is 0.583. The standard InChI is InChI=1S/C36H54O4/c1-5-6-7-8-9-10-11-12-13-14-15-16-17-18-19-20-21-30-22-24-31(25-23-30)26-27-32(37)35-33(38-2)28-29-34(39-3)36(35)40-4/h22-29H,5-21H2,1-4H3. The van der Waals surface area contributed by atoms with Crippen molar-refractivity contribution < 1.29 is 19.0 Å². The van der Waals surface area contributed by atoms with E-state index in [1.54, 1.807) is 32.4 Å². The van der Waals surface area contributed by atoms with Gasteiger partial charge in [-0.25, -0.2) is 0 Å². The zero-order chi connectivity index (χ0) is 28.8. The number of rotatable bonds is 23. The lowest BCUT2D eigenvalue weighted by Gasteiger charge is -2.14. The molecule has 2 rings (SSSR count). The Balaban J connectivity index is 1.60. The quantitative estimate of drug-likeness (QED) is 0.0784. The highest BCUT2D eigenvalue weighted by Gasteiger charge is 2.20. The number of hydrogen-bond donors (Lipinski definition) is 0. The van der Waals surface area contributed by atoms with E-state index in [9.17, 15) is 4.79 Å². The van der Waals surface area contributed by atoms with Crippen molar-refractivity contribution >= 4 is 11.9 Å². The molecule has 40 heavy (non-hydrogen) atoms. The molecule has 0 heterocycles. The third-order valence-electron chi connectivity index (χ3n) is 7.70. The van der Waals surface area contributed by atoms with Crippen molar-refractivity contribution in [3.8, 4) is 17.2 Å². The molecule has 0 bridgehead atoms. The number of carbonyl (C=O) groups is 1. The van der Waals surface area contributed by atoms with E-state index in [2.05, 4.69) is 31.2 Å². The predicted molar refractivity (Wildman–Crippen MR) is 169 cm³/mol. The molecule has 0 saturated heterocycles. The Bertz CT molecular complexity index is 977. The maximum absolute atomic E-state index is 13.0. The summed E-state index contributed by atoms with van der Waals surface area (Å²) in [5, 5.41) is 0. The van der Waals surface area contributed by atoms with Crippen molar-refractivity contribution in [2.45, 2.75) is 116 Å². The minimum absolute atomic E-state index is 0.190. The van der Waals surface area contributed by atoms with Crippen LogP contribution < -0.4 is 14.2 Å². The van der Waals surface area contributed by atoms with Gasteiger partial charge in [-0.2, -0.15) is 0 Å². The Morgan fingerprint density at radius 1 is 0.600 bits per heavy atom. The van der Waals surface area contributed by atoms with E-state index in [0.717, 1.165) is 12.0 Å². The van der Waals surface area contributed by atoms with E-state index in [-0.39, 0.29) is 5.78 Å². The van der Waals surface area contributed by atoms with E-state index >= 15 is 0 Å². The summed E-state index contributed by atoms with van der Waals surface area (Å²) >= 11 is 0. The normalized spacial score (nSPS) is 11.2. The van der Waals surface area contributed by atoms with Crippen LogP contribution >= 0.6 is 0 Å². The Morgan fingerprint density at radius 2 is 1.07 bits per heavy atom. The number of benzene rings is 2. The van der Waals surface area contributed by atoms with Gasteiger partial charge in [-0.3, -0.25) is 4.79 Å². The van der Waals surface area contributed by atoms with Crippen LogP contribution in [0.2, 0.25) is 0 Å². The lowest BCUT2D eigenvalue weighted by molar-refractivity contribution is 0.104. The maximum atomic E-state index is 13.0. The number of methoxy groups -OCH3 is 3. The van der Waals surface area contributed by atoms with E-state index in [1.165, 1.54) is 115 Å². The second-order valence-corrected chi connectivity index (χ2v) is 10.9. The number of allylic oxidation sites excluding steroid dienone is 1. The lowest BCUT2D eigenvalue weighted by Crippen LogP contribution is -2.04. The average molecular weight is 551 g/mol. The first-order chi connectivity index (χ1) is 19.6. The molecular weight excluding hydrogens is 496 g/mol. The van der Waals surface area contributed by atoms with Gasteiger partial charge >= 0.3 is 0 Å². The van der Waals surface area contributed by atoms with Gasteiger partial charge in [0.05, 0.1) is 21.3 Å². The number of aryl methyl sites for hydroxylation is 1. The molecule has 222 valence electrons. The molecule has 0 atom stereocenters. The van der Waals surface area contributed by atoms with Crippen LogP contribution in [0, 0.1) is 0 Å². The highest BCUT2D eigenvalue weighted by atomic mass is 16.5. The fourth-order valence-corrected chi connectivity index (χ4v) is 5.24. The molecule has 0 spiro atoms. The van der Waals surface area contributed by atoms with Gasteiger partial charge in [0, 0.05) is 0 Å². The number of ketones is 1. The Hall–Kier alpha value is -2.75. The molecular formula is C36H54O4. The van der Waals surface area contributed by atoms with Crippen LogP contribution in [0.4, 0.5) is 0 Å². The molecule has 2 aromatic carbocycles. The predicted octanol–water partition coefficient (Wildman–Crippen LogP) is 10.4. The van der Waals surface area contributed by atoms with E-state index in [4.69, 9.17) is 14.2 Å². The fourth-order valence-electron chi connectivity index (χ4n) is 5.24. The van der Waals surface area contributed by atoms with E-state index in [1.807, 2.05) is 6.08 Å². The maximum Gasteiger partial charge on any atom is 0.193 e. The largest absolute Gasteiger partial charge is 0.496 e. The minimum atomic E-state index is -0.190. The van der Waals surface area contributed by atoms with Gasteiger partial charge in [0.2, 0.25) is 0 Å². The van der Waals surface area contributed by atoms with E-state index in [0.29, 0.717) is 22.8 Å². The third kappa shape index (κ3) is 12.6. The summed E-state index contributed by atoms with van der Waals surface area (Å²) in [6, 6.07) is 11.9. The molecule has 2 aromatic rings. The van der Waals surface area contributed by atoms with Crippen LogP contribution in [0.15, 0.2) is 42.5 Å². The van der Waals surface area contributed by atoms with E-state index < -0.39 is 0 Å². The molecule has 4 nitrogen and oxygen atoms in total. The van der Waals surface area contributed by atoms with Crippen LogP contribution in [-0.4, -0.2) is 27.1 Å². The zero-order valence-corrected chi connectivity index (χ0v) is 25.8. The molecule has 0 N–H and O–H groups in total. The van der Waals surface area contributed by atoms with Gasteiger partial charge in [-0.15, -0.1) is 0 Å². The van der Waals surface area contributed by atoms with Crippen molar-refractivity contribution in [3.05, 3.63) is 59.2 Å². The molecule has 0 aliphatic carbocycles. The summed E-state index contributed by atoms with van der Waals surface area (Å²) in [5.74, 6) is 1.15. The van der Waals surface area contributed by atoms with Gasteiger partial charge in [-0.1, -0.05) is 134 Å². The number of carbonyl (C=O) groups excluding carboxylic acids is 1. The molecule has 0 amide bonds. The van der Waals surface area contributed by atoms with Crippen LogP contribution in [0.3, 0.4) is 0 Å². The first-order valence-corrected chi connectivity index (χ1v) is 15.7. The first-order valence-electron chi connectivity index (χ1n) is 15.7. The van der Waals surface area contributed by atoms with Crippen molar-refractivity contribution in [1.82, 2.24) is 0 Å². The second kappa shape index (κ2) is 21.1. The average Bonchev–Trinajstić information content (AvgIpc) is 2.99. The molecule has 0 saturated carbocycles. The Morgan fingerprint density at radius 3 is 1.55 bits per heavy atom. The van der Waals surface area contributed by atoms with Crippen molar-refractivity contribution in [3.63, 3.8) is 0 Å². The molecule has 0 aromatic heterocycles. The SMILES string of the molecule is CCCCCCCCCCCCCCCCCCc1ccc(C=CC(=O)c2c(OC)ccc(OC)c2OC)cc1. The van der Waals surface area contributed by atoms with Crippen molar-refractivity contribution in [2.24, 2.45) is 0 Å². The minimum Gasteiger partial charge on any atom is -0.496 e. The summed E-state index contributed by atoms with van der Waals surface area (Å²) in [5.41, 5.74) is 2.70. The summed E-state index contributed by atoms with van der Waals surface area (Å²) in [6.07, 6.45) is 26.8. The number of hydrogen-bond acceptors (Lipinski definition) is 4. The summed E-state index contributed by atoms with van der Waals surface area (Å²) in [7, 11) is 4.62. The van der Waals surface area contributed by atoms with Gasteiger partial charge < -0.3 is 14.2 Å². The van der Waals surface area contributed by atoms with Crippen LogP contribution in [-0.2, 0) is 6.42 Å². The molecule has 0 aliphatic heterocycles. The zero-order valence-electron chi connectivity index (χ0n) is 25.8. The summed E-state index contributed by atoms with van der Waals surface area (Å²) < 4.78 is 16.2. The van der Waals surface area contributed by atoms with Gasteiger partial charge in [0.25, 0.3) is 0 Å².